The first-order valence-corrected chi connectivity index (χ1v) is 4.88. The zero-order chi connectivity index (χ0) is 7.28. The molecule has 0 bridgehead atoms. The van der Waals surface area contributed by atoms with Gasteiger partial charge < -0.3 is 0 Å². The molecule has 0 rings (SSSR count). The second-order valence-corrected chi connectivity index (χ2v) is 3.86. The van der Waals surface area contributed by atoms with E-state index >= 15 is 0 Å². The first-order chi connectivity index (χ1) is 4.22. The Kier molecular flexibility index (Phi) is 5.42. The summed E-state index contributed by atoms with van der Waals surface area (Å²) < 4.78 is 9.72. The Labute approximate surface area is 67.2 Å². The summed E-state index contributed by atoms with van der Waals surface area (Å²) in [5, 5.41) is 3.03. The second kappa shape index (κ2) is 5.20. The molecule has 0 aromatic heterocycles. The van der Waals surface area contributed by atoms with Crippen molar-refractivity contribution in [1.29, 1.82) is 0 Å². The fourth-order valence-electron chi connectivity index (χ4n) is 0.500. The first kappa shape index (κ1) is 9.39. The van der Waals surface area contributed by atoms with Gasteiger partial charge in [0.05, 0.1) is 0 Å². The quantitative estimate of drug-likeness (QED) is 0.528. The van der Waals surface area contributed by atoms with E-state index in [0.29, 0.717) is 5.92 Å². The van der Waals surface area contributed by atoms with E-state index in [0.717, 1.165) is 10.1 Å². The predicted octanol–water partition coefficient (Wildman–Crippen LogP) is -2.65. The summed E-state index contributed by atoms with van der Waals surface area (Å²) in [6, 6.07) is 0. The molecule has 0 aromatic carbocycles. The van der Waals surface area contributed by atoms with Crippen LogP contribution < -0.4 is 26.9 Å². The molecule has 2 N–H and O–H groups in total. The molecule has 0 aliphatic rings. The molecule has 0 spiro atoms. The van der Waals surface area contributed by atoms with Gasteiger partial charge in [-0.05, 0) is 0 Å². The zero-order valence-electron chi connectivity index (χ0n) is 5.82. The number of hydrogen-bond donors (Lipinski definition) is 2. The minimum absolute atomic E-state index is 0.424. The maximum absolute atomic E-state index is 8.71. The van der Waals surface area contributed by atoms with Crippen LogP contribution in [-0.4, -0.2) is 17.0 Å². The topological polar surface area (TPSA) is 32.3 Å². The molecule has 1 atom stereocenters. The van der Waals surface area contributed by atoms with E-state index in [9.17, 15) is 0 Å². The van der Waals surface area contributed by atoms with E-state index in [2.05, 4.69) is 18.8 Å². The molecule has 0 saturated heterocycles. The molecule has 0 aromatic rings. The van der Waals surface area contributed by atoms with Crippen LogP contribution in [0.1, 0.15) is 6.92 Å². The van der Waals surface area contributed by atoms with E-state index in [1.165, 1.54) is 0 Å². The number of hydrogen-bond acceptors (Lipinski definition) is 2. The van der Waals surface area contributed by atoms with Crippen LogP contribution in [0.3, 0.4) is 0 Å². The molecule has 0 fully saturated rings. The Balaban J connectivity index is 3.45. The van der Waals surface area contributed by atoms with Crippen molar-refractivity contribution in [3.8, 4) is 0 Å². The van der Waals surface area contributed by atoms with Crippen molar-refractivity contribution < 1.29 is 25.1 Å². The molecule has 3 heteroatoms. The van der Waals surface area contributed by atoms with Gasteiger partial charge in [0.1, 0.15) is 0 Å². The number of halogens is 1. The van der Waals surface area contributed by atoms with E-state index in [4.69, 9.17) is 3.44 Å². The minimum atomic E-state index is -0.743. The van der Waals surface area contributed by atoms with Crippen molar-refractivity contribution in [1.82, 2.24) is 5.32 Å². The summed E-state index contributed by atoms with van der Waals surface area (Å²) in [7, 11) is 1.90. The van der Waals surface area contributed by atoms with Crippen LogP contribution in [0.5, 0.6) is 0 Å². The van der Waals surface area contributed by atoms with E-state index < -0.39 is 21.6 Å². The molecule has 9 heavy (non-hydrogen) atoms. The summed E-state index contributed by atoms with van der Waals surface area (Å²) in [6.45, 7) is 6.73. The average Bonchev–Trinajstić information content (AvgIpc) is 1.87. The van der Waals surface area contributed by atoms with E-state index in [-0.39, 0.29) is 0 Å². The Morgan fingerprint density at radius 3 is 2.78 bits per heavy atom. The SMILES string of the molecule is C=C([I-]O)C(C)CNC. The van der Waals surface area contributed by atoms with Gasteiger partial charge in [0.25, 0.3) is 0 Å². The van der Waals surface area contributed by atoms with Crippen molar-refractivity contribution in [2.24, 2.45) is 5.92 Å². The average molecular weight is 242 g/mol. The van der Waals surface area contributed by atoms with Gasteiger partial charge in [0.2, 0.25) is 0 Å². The van der Waals surface area contributed by atoms with Gasteiger partial charge in [-0.3, -0.25) is 0 Å². The summed E-state index contributed by atoms with van der Waals surface area (Å²) in [5.74, 6) is 0.424. The molecular weight excluding hydrogens is 229 g/mol. The third kappa shape index (κ3) is 3.89. The molecule has 0 saturated carbocycles. The molecule has 0 radical (unpaired) electrons. The Bertz CT molecular complexity index is 95.1. The summed E-state index contributed by atoms with van der Waals surface area (Å²) in [5.41, 5.74) is 0. The molecule has 1 unspecified atom stereocenters. The van der Waals surface area contributed by atoms with Gasteiger partial charge >= 0.3 is 67.0 Å². The fourth-order valence-corrected chi connectivity index (χ4v) is 1.20. The van der Waals surface area contributed by atoms with Gasteiger partial charge in [-0.2, -0.15) is 0 Å². The van der Waals surface area contributed by atoms with E-state index in [1.807, 2.05) is 7.05 Å². The van der Waals surface area contributed by atoms with Crippen molar-refractivity contribution in [2.45, 2.75) is 6.92 Å². The third-order valence-electron chi connectivity index (χ3n) is 1.15. The van der Waals surface area contributed by atoms with Crippen molar-refractivity contribution in [3.05, 3.63) is 10.2 Å². The van der Waals surface area contributed by atoms with Gasteiger partial charge in [0, 0.05) is 0 Å². The van der Waals surface area contributed by atoms with Gasteiger partial charge in [-0.15, -0.1) is 0 Å². The van der Waals surface area contributed by atoms with Crippen molar-refractivity contribution >= 4 is 0 Å². The standard InChI is InChI=1S/C6H13INO/c1-5(4-8-3)6(2)7-9/h5,8-9H,2,4H2,1,3H3/q-1. The van der Waals surface area contributed by atoms with Crippen LogP contribution >= 0.6 is 0 Å². The molecule has 0 amide bonds. The molecule has 0 heterocycles. The van der Waals surface area contributed by atoms with Crippen LogP contribution in [0, 0.1) is 5.92 Å². The monoisotopic (exact) mass is 242 g/mol. The van der Waals surface area contributed by atoms with Gasteiger partial charge in [-0.1, -0.05) is 0 Å². The Morgan fingerprint density at radius 1 is 1.89 bits per heavy atom. The predicted molar refractivity (Wildman–Crippen MR) is 34.4 cm³/mol. The fraction of sp³-hybridized carbons (Fsp3) is 0.667. The molecule has 2 nitrogen and oxygen atoms in total. The first-order valence-electron chi connectivity index (χ1n) is 2.84. The summed E-state index contributed by atoms with van der Waals surface area (Å²) >= 11 is -0.743. The Hall–Kier alpha value is 0.390. The maximum atomic E-state index is 8.71. The molecule has 56 valence electrons. The van der Waals surface area contributed by atoms with Crippen molar-refractivity contribution in [2.75, 3.05) is 13.6 Å². The van der Waals surface area contributed by atoms with E-state index in [1.54, 1.807) is 0 Å². The molecule has 0 aliphatic heterocycles. The van der Waals surface area contributed by atoms with Crippen LogP contribution in [-0.2, 0) is 0 Å². The van der Waals surface area contributed by atoms with Gasteiger partial charge in [0.15, 0.2) is 0 Å². The van der Waals surface area contributed by atoms with Crippen LogP contribution in [0.15, 0.2) is 10.2 Å². The number of nitrogens with one attached hydrogen (secondary N) is 1. The molecule has 0 aliphatic carbocycles. The zero-order valence-corrected chi connectivity index (χ0v) is 7.97. The second-order valence-electron chi connectivity index (χ2n) is 1.99. The Morgan fingerprint density at radius 2 is 2.44 bits per heavy atom. The summed E-state index contributed by atoms with van der Waals surface area (Å²) in [6.07, 6.45) is 0. The van der Waals surface area contributed by atoms with Crippen LogP contribution in [0.4, 0.5) is 0 Å². The van der Waals surface area contributed by atoms with Gasteiger partial charge in [-0.25, -0.2) is 0 Å². The van der Waals surface area contributed by atoms with Crippen LogP contribution in [0.25, 0.3) is 0 Å². The van der Waals surface area contributed by atoms with Crippen LogP contribution in [0.2, 0.25) is 0 Å². The number of rotatable bonds is 4. The third-order valence-corrected chi connectivity index (χ3v) is 2.84. The van der Waals surface area contributed by atoms with Crippen molar-refractivity contribution in [3.63, 3.8) is 0 Å². The summed E-state index contributed by atoms with van der Waals surface area (Å²) in [4.78, 5) is 0. The normalized spacial score (nSPS) is 13.7. The molecular formula is C6H13INO-.